The van der Waals surface area contributed by atoms with Crippen molar-refractivity contribution in [2.24, 2.45) is 0 Å². The molecular formula is C15H16ClN3O4. The van der Waals surface area contributed by atoms with Crippen molar-refractivity contribution in [3.63, 3.8) is 0 Å². The van der Waals surface area contributed by atoms with Crippen LogP contribution in [0.15, 0.2) is 35.3 Å². The Morgan fingerprint density at radius 2 is 2.04 bits per heavy atom. The second-order valence-electron chi connectivity index (χ2n) is 4.57. The van der Waals surface area contributed by atoms with Crippen molar-refractivity contribution in [1.82, 2.24) is 15.3 Å². The third-order valence-electron chi connectivity index (χ3n) is 2.93. The number of aliphatic hydroxyl groups is 1. The highest BCUT2D eigenvalue weighted by atomic mass is 35.5. The van der Waals surface area contributed by atoms with E-state index in [-0.39, 0.29) is 31.9 Å². The number of amides is 1. The molecule has 2 aromatic rings. The van der Waals surface area contributed by atoms with Crippen LogP contribution in [0, 0.1) is 0 Å². The molecule has 0 radical (unpaired) electrons. The summed E-state index contributed by atoms with van der Waals surface area (Å²) in [4.78, 5) is 30.6. The van der Waals surface area contributed by atoms with Gasteiger partial charge in [0.2, 0.25) is 0 Å². The van der Waals surface area contributed by atoms with Crippen LogP contribution in [-0.4, -0.2) is 47.3 Å². The monoisotopic (exact) mass is 337 g/mol. The summed E-state index contributed by atoms with van der Waals surface area (Å²) in [5, 5.41) is 11.7. The summed E-state index contributed by atoms with van der Waals surface area (Å²) in [7, 11) is 0. The number of benzene rings is 1. The van der Waals surface area contributed by atoms with E-state index in [9.17, 15) is 9.59 Å². The van der Waals surface area contributed by atoms with E-state index in [0.717, 1.165) is 0 Å². The number of aromatic amines is 1. The minimum Gasteiger partial charge on any atom is -0.394 e. The van der Waals surface area contributed by atoms with Gasteiger partial charge in [0.05, 0.1) is 19.8 Å². The van der Waals surface area contributed by atoms with Gasteiger partial charge in [-0.1, -0.05) is 11.6 Å². The maximum Gasteiger partial charge on any atom is 0.264 e. The summed E-state index contributed by atoms with van der Waals surface area (Å²) >= 11 is 5.81. The van der Waals surface area contributed by atoms with Gasteiger partial charge in [-0.3, -0.25) is 9.59 Å². The van der Waals surface area contributed by atoms with Crippen molar-refractivity contribution in [2.45, 2.75) is 0 Å². The molecule has 3 N–H and O–H groups in total. The van der Waals surface area contributed by atoms with Gasteiger partial charge in [-0.2, -0.15) is 0 Å². The molecule has 23 heavy (non-hydrogen) atoms. The Morgan fingerprint density at radius 3 is 2.70 bits per heavy atom. The van der Waals surface area contributed by atoms with Gasteiger partial charge >= 0.3 is 0 Å². The fourth-order valence-corrected chi connectivity index (χ4v) is 1.94. The standard InChI is InChI=1S/C15H16ClN3O4/c16-11-3-1-10(2-4-11)13-18-9-12(15(22)19-13)14(21)17-5-7-23-8-6-20/h1-4,9,20H,5-8H2,(H,17,21)(H,18,19,22). The number of halogens is 1. The highest BCUT2D eigenvalue weighted by Gasteiger charge is 2.12. The molecule has 122 valence electrons. The first-order valence-corrected chi connectivity index (χ1v) is 7.31. The molecule has 0 fully saturated rings. The van der Waals surface area contributed by atoms with Crippen LogP contribution in [0.25, 0.3) is 11.4 Å². The van der Waals surface area contributed by atoms with E-state index in [1.54, 1.807) is 24.3 Å². The van der Waals surface area contributed by atoms with Gasteiger partial charge in [-0.25, -0.2) is 4.98 Å². The Hall–Kier alpha value is -2.22. The zero-order valence-electron chi connectivity index (χ0n) is 12.2. The molecule has 0 bridgehead atoms. The minimum atomic E-state index is -0.533. The third-order valence-corrected chi connectivity index (χ3v) is 3.18. The third kappa shape index (κ3) is 4.88. The molecule has 0 saturated heterocycles. The smallest absolute Gasteiger partial charge is 0.264 e. The first kappa shape index (κ1) is 17.1. The lowest BCUT2D eigenvalue weighted by Gasteiger charge is -2.06. The van der Waals surface area contributed by atoms with Crippen molar-refractivity contribution in [3.05, 3.63) is 51.4 Å². The molecule has 1 heterocycles. The number of H-pyrrole nitrogens is 1. The van der Waals surface area contributed by atoms with Crippen molar-refractivity contribution in [3.8, 4) is 11.4 Å². The van der Waals surface area contributed by atoms with E-state index in [1.807, 2.05) is 0 Å². The van der Waals surface area contributed by atoms with Gasteiger partial charge in [0.1, 0.15) is 11.4 Å². The van der Waals surface area contributed by atoms with Crippen LogP contribution in [-0.2, 0) is 4.74 Å². The van der Waals surface area contributed by atoms with E-state index in [1.165, 1.54) is 6.20 Å². The van der Waals surface area contributed by atoms with Crippen LogP contribution in [0.4, 0.5) is 0 Å². The normalized spacial score (nSPS) is 10.5. The number of carbonyl (C=O) groups is 1. The molecule has 0 aliphatic carbocycles. The molecule has 0 aliphatic rings. The first-order valence-electron chi connectivity index (χ1n) is 6.94. The minimum absolute atomic E-state index is 0.0788. The van der Waals surface area contributed by atoms with Gasteiger partial charge in [-0.05, 0) is 24.3 Å². The van der Waals surface area contributed by atoms with Gasteiger partial charge in [0.25, 0.3) is 11.5 Å². The fraction of sp³-hybridized carbons (Fsp3) is 0.267. The Bertz CT molecular complexity index is 715. The zero-order chi connectivity index (χ0) is 16.7. The molecule has 7 nitrogen and oxygen atoms in total. The van der Waals surface area contributed by atoms with Crippen LogP contribution >= 0.6 is 11.6 Å². The van der Waals surface area contributed by atoms with E-state index in [4.69, 9.17) is 21.4 Å². The zero-order valence-corrected chi connectivity index (χ0v) is 13.0. The van der Waals surface area contributed by atoms with E-state index >= 15 is 0 Å². The van der Waals surface area contributed by atoms with Gasteiger partial charge < -0.3 is 20.1 Å². The number of rotatable bonds is 7. The lowest BCUT2D eigenvalue weighted by atomic mass is 10.2. The number of ether oxygens (including phenoxy) is 1. The average molecular weight is 338 g/mol. The predicted molar refractivity (Wildman–Crippen MR) is 85.5 cm³/mol. The summed E-state index contributed by atoms with van der Waals surface area (Å²) < 4.78 is 5.01. The molecule has 1 amide bonds. The largest absolute Gasteiger partial charge is 0.394 e. The van der Waals surface area contributed by atoms with Crippen LogP contribution in [0.3, 0.4) is 0 Å². The average Bonchev–Trinajstić information content (AvgIpc) is 2.55. The Morgan fingerprint density at radius 1 is 1.30 bits per heavy atom. The first-order chi connectivity index (χ1) is 11.1. The van der Waals surface area contributed by atoms with Crippen molar-refractivity contribution in [2.75, 3.05) is 26.4 Å². The van der Waals surface area contributed by atoms with E-state index < -0.39 is 11.5 Å². The number of carbonyl (C=O) groups excluding carboxylic acids is 1. The molecule has 1 aromatic heterocycles. The van der Waals surface area contributed by atoms with Crippen LogP contribution in [0.5, 0.6) is 0 Å². The topological polar surface area (TPSA) is 104 Å². The molecule has 0 saturated carbocycles. The van der Waals surface area contributed by atoms with Crippen LogP contribution in [0.2, 0.25) is 5.02 Å². The summed E-state index contributed by atoms with van der Waals surface area (Å²) in [5.74, 6) is -0.177. The molecule has 0 spiro atoms. The second-order valence-corrected chi connectivity index (χ2v) is 5.01. The maximum atomic E-state index is 12.0. The summed E-state index contributed by atoms with van der Waals surface area (Å²) in [6.45, 7) is 0.606. The number of aromatic nitrogens is 2. The lowest BCUT2D eigenvalue weighted by Crippen LogP contribution is -2.32. The number of nitrogens with one attached hydrogen (secondary N) is 2. The number of aliphatic hydroxyl groups excluding tert-OH is 1. The maximum absolute atomic E-state index is 12.0. The molecule has 1 aromatic carbocycles. The molecule has 0 unspecified atom stereocenters. The van der Waals surface area contributed by atoms with Crippen molar-refractivity contribution < 1.29 is 14.6 Å². The second kappa shape index (κ2) is 8.42. The molecular weight excluding hydrogens is 322 g/mol. The van der Waals surface area contributed by atoms with Crippen LogP contribution in [0.1, 0.15) is 10.4 Å². The van der Waals surface area contributed by atoms with E-state index in [2.05, 4.69) is 15.3 Å². The molecule has 2 rings (SSSR count). The van der Waals surface area contributed by atoms with E-state index in [0.29, 0.717) is 16.4 Å². The molecule has 0 atom stereocenters. The summed E-state index contributed by atoms with van der Waals surface area (Å²) in [6.07, 6.45) is 1.23. The Kier molecular flexibility index (Phi) is 6.28. The fourth-order valence-electron chi connectivity index (χ4n) is 1.81. The highest BCUT2D eigenvalue weighted by Crippen LogP contribution is 2.16. The van der Waals surface area contributed by atoms with Crippen molar-refractivity contribution >= 4 is 17.5 Å². The lowest BCUT2D eigenvalue weighted by molar-refractivity contribution is 0.0837. The number of nitrogens with zero attached hydrogens (tertiary/aromatic N) is 1. The quantitative estimate of drug-likeness (QED) is 0.649. The van der Waals surface area contributed by atoms with Crippen molar-refractivity contribution in [1.29, 1.82) is 0 Å². The van der Waals surface area contributed by atoms with Gasteiger partial charge in [-0.15, -0.1) is 0 Å². The highest BCUT2D eigenvalue weighted by molar-refractivity contribution is 6.30. The predicted octanol–water partition coefficient (Wildman–Crippen LogP) is 0.829. The Balaban J connectivity index is 2.03. The number of hydrogen-bond donors (Lipinski definition) is 3. The SMILES string of the molecule is O=C(NCCOCCO)c1cnc(-c2ccc(Cl)cc2)[nH]c1=O. The summed E-state index contributed by atoms with van der Waals surface area (Å²) in [6, 6.07) is 6.81. The Labute approximate surface area is 137 Å². The van der Waals surface area contributed by atoms with Crippen LogP contribution < -0.4 is 10.9 Å². The molecule has 8 heteroatoms. The number of hydrogen-bond acceptors (Lipinski definition) is 5. The van der Waals surface area contributed by atoms with Gasteiger partial charge in [0, 0.05) is 23.3 Å². The summed E-state index contributed by atoms with van der Waals surface area (Å²) in [5.41, 5.74) is 0.0828. The molecule has 0 aliphatic heterocycles. The van der Waals surface area contributed by atoms with Gasteiger partial charge in [0.15, 0.2) is 0 Å².